The molecule has 0 aliphatic rings. The molecule has 0 amide bonds. The third kappa shape index (κ3) is 3.66. The van der Waals surface area contributed by atoms with Gasteiger partial charge in [0.15, 0.2) is 0 Å². The Morgan fingerprint density at radius 2 is 2.00 bits per heavy atom. The van der Waals surface area contributed by atoms with Crippen molar-refractivity contribution in [1.29, 1.82) is 0 Å². The van der Waals surface area contributed by atoms with Crippen LogP contribution in [-0.2, 0) is 19.3 Å². The van der Waals surface area contributed by atoms with Crippen LogP contribution in [0.1, 0.15) is 6.92 Å². The topological polar surface area (TPSA) is 55.7 Å². The number of nitrogens with zero attached hydrogens (tertiary/aromatic N) is 1. The van der Waals surface area contributed by atoms with E-state index in [1.54, 1.807) is 31.2 Å². The van der Waals surface area contributed by atoms with Crippen LogP contribution < -0.4 is 0 Å². The van der Waals surface area contributed by atoms with E-state index < -0.39 is 15.7 Å². The smallest absolute Gasteiger partial charge is 0.328 e. The zero-order valence-corrected chi connectivity index (χ0v) is 10.2. The predicted molar refractivity (Wildman–Crippen MR) is 62.7 cm³/mol. The van der Waals surface area contributed by atoms with Crippen LogP contribution in [-0.4, -0.2) is 29.6 Å². The zero-order valence-electron chi connectivity index (χ0n) is 9.38. The lowest BCUT2D eigenvalue weighted by atomic mass is 10.4. The average Bonchev–Trinajstić information content (AvgIpc) is 2.28. The lowest BCUT2D eigenvalue weighted by Crippen LogP contribution is -2.10. The van der Waals surface area contributed by atoms with Gasteiger partial charge in [0.25, 0.3) is 0 Å². The fraction of sp³-hybridized carbons (Fsp3) is 0.364. The van der Waals surface area contributed by atoms with Crippen molar-refractivity contribution in [2.45, 2.75) is 11.8 Å². The number of carbonyl (C=O) groups excluding carboxylic acids is 1. The molecular formula is C11H15NO3S. The van der Waals surface area contributed by atoms with E-state index in [4.69, 9.17) is 4.74 Å². The fourth-order valence-electron chi connectivity index (χ4n) is 1.13. The summed E-state index contributed by atoms with van der Waals surface area (Å²) in [6.45, 7) is 1.86. The molecule has 0 radical (unpaired) electrons. The molecular weight excluding hydrogens is 226 g/mol. The SMILES string of the molecule is CCOC(=O)CN=S(C)(=O)c1ccccc1. The van der Waals surface area contributed by atoms with Crippen molar-refractivity contribution in [1.82, 2.24) is 0 Å². The molecule has 1 rings (SSSR count). The second-order valence-electron chi connectivity index (χ2n) is 3.21. The highest BCUT2D eigenvalue weighted by molar-refractivity contribution is 7.93. The van der Waals surface area contributed by atoms with Crippen LogP contribution >= 0.6 is 0 Å². The van der Waals surface area contributed by atoms with Crippen molar-refractivity contribution >= 4 is 15.7 Å². The molecule has 1 unspecified atom stereocenters. The molecule has 16 heavy (non-hydrogen) atoms. The quantitative estimate of drug-likeness (QED) is 0.754. The summed E-state index contributed by atoms with van der Waals surface area (Å²) in [6.07, 6.45) is 1.52. The third-order valence-electron chi connectivity index (χ3n) is 1.93. The molecule has 0 aliphatic carbocycles. The highest BCUT2D eigenvalue weighted by Gasteiger charge is 2.06. The maximum absolute atomic E-state index is 12.1. The summed E-state index contributed by atoms with van der Waals surface area (Å²) < 4.78 is 20.7. The number of carbonyl (C=O) groups is 1. The summed E-state index contributed by atoms with van der Waals surface area (Å²) in [5.74, 6) is -0.451. The highest BCUT2D eigenvalue weighted by atomic mass is 32.2. The number of esters is 1. The molecule has 1 aromatic rings. The molecule has 0 aromatic heterocycles. The Labute approximate surface area is 95.8 Å². The zero-order chi connectivity index (χ0) is 12.0. The molecule has 0 aliphatic heterocycles. The normalized spacial score (nSPS) is 13.9. The molecule has 0 saturated carbocycles. The van der Waals surface area contributed by atoms with Crippen LogP contribution in [0.2, 0.25) is 0 Å². The van der Waals surface area contributed by atoms with Gasteiger partial charge in [-0.1, -0.05) is 18.2 Å². The minimum absolute atomic E-state index is 0.169. The van der Waals surface area contributed by atoms with Crippen LogP contribution in [0.5, 0.6) is 0 Å². The molecule has 1 aromatic carbocycles. The van der Waals surface area contributed by atoms with Crippen molar-refractivity contribution in [2.75, 3.05) is 19.4 Å². The summed E-state index contributed by atoms with van der Waals surface area (Å²) in [7, 11) is -2.50. The number of hydrogen-bond donors (Lipinski definition) is 0. The molecule has 4 nitrogen and oxygen atoms in total. The molecule has 1 atom stereocenters. The molecule has 0 bridgehead atoms. The van der Waals surface area contributed by atoms with Gasteiger partial charge in [-0.3, -0.25) is 4.79 Å². The van der Waals surface area contributed by atoms with Gasteiger partial charge >= 0.3 is 5.97 Å². The van der Waals surface area contributed by atoms with Crippen LogP contribution in [0, 0.1) is 0 Å². The Kier molecular flexibility index (Phi) is 4.49. The summed E-state index contributed by atoms with van der Waals surface area (Å²) in [6, 6.07) is 8.88. The van der Waals surface area contributed by atoms with Crippen molar-refractivity contribution in [3.8, 4) is 0 Å². The molecule has 0 heterocycles. The Morgan fingerprint density at radius 1 is 1.38 bits per heavy atom. The van der Waals surface area contributed by atoms with E-state index in [1.165, 1.54) is 6.26 Å². The van der Waals surface area contributed by atoms with Crippen LogP contribution in [0.15, 0.2) is 39.6 Å². The van der Waals surface area contributed by atoms with E-state index in [1.807, 2.05) is 6.07 Å². The van der Waals surface area contributed by atoms with Gasteiger partial charge in [-0.05, 0) is 19.1 Å². The van der Waals surface area contributed by atoms with Gasteiger partial charge in [0.1, 0.15) is 6.54 Å². The van der Waals surface area contributed by atoms with Gasteiger partial charge in [-0.15, -0.1) is 0 Å². The van der Waals surface area contributed by atoms with E-state index in [2.05, 4.69) is 4.36 Å². The first-order chi connectivity index (χ1) is 7.56. The van der Waals surface area contributed by atoms with E-state index in [9.17, 15) is 9.00 Å². The second kappa shape index (κ2) is 5.65. The predicted octanol–water partition coefficient (Wildman–Crippen LogP) is 1.71. The van der Waals surface area contributed by atoms with E-state index in [0.29, 0.717) is 11.5 Å². The maximum Gasteiger partial charge on any atom is 0.328 e. The van der Waals surface area contributed by atoms with Crippen molar-refractivity contribution in [3.05, 3.63) is 30.3 Å². The van der Waals surface area contributed by atoms with Gasteiger partial charge in [-0.2, -0.15) is 0 Å². The number of ether oxygens (including phenoxy) is 1. The summed E-state index contributed by atoms with van der Waals surface area (Å²) in [5.41, 5.74) is 0. The fourth-order valence-corrected chi connectivity index (χ4v) is 2.29. The van der Waals surface area contributed by atoms with Crippen LogP contribution in [0.4, 0.5) is 0 Å². The first kappa shape index (κ1) is 12.7. The van der Waals surface area contributed by atoms with Gasteiger partial charge in [0, 0.05) is 11.2 Å². The summed E-state index contributed by atoms with van der Waals surface area (Å²) >= 11 is 0. The van der Waals surface area contributed by atoms with Gasteiger partial charge < -0.3 is 4.74 Å². The molecule has 0 fully saturated rings. The van der Waals surface area contributed by atoms with Gasteiger partial charge in [-0.25, -0.2) is 8.57 Å². The van der Waals surface area contributed by atoms with Gasteiger partial charge in [0.05, 0.1) is 16.3 Å². The number of benzene rings is 1. The lowest BCUT2D eigenvalue weighted by molar-refractivity contribution is -0.141. The van der Waals surface area contributed by atoms with Crippen molar-refractivity contribution < 1.29 is 13.7 Å². The highest BCUT2D eigenvalue weighted by Crippen LogP contribution is 2.10. The van der Waals surface area contributed by atoms with Crippen LogP contribution in [0.25, 0.3) is 0 Å². The number of rotatable bonds is 4. The molecule has 0 N–H and O–H groups in total. The standard InChI is InChI=1S/C11H15NO3S/c1-3-15-11(13)9-12-16(2,14)10-7-5-4-6-8-10/h4-8H,3,9H2,1-2H3. The minimum atomic E-state index is -2.50. The minimum Gasteiger partial charge on any atom is -0.465 e. The van der Waals surface area contributed by atoms with E-state index >= 15 is 0 Å². The first-order valence-corrected chi connectivity index (χ1v) is 6.87. The van der Waals surface area contributed by atoms with Crippen molar-refractivity contribution in [3.63, 3.8) is 0 Å². The van der Waals surface area contributed by atoms with Gasteiger partial charge in [0.2, 0.25) is 0 Å². The monoisotopic (exact) mass is 241 g/mol. The summed E-state index contributed by atoms with van der Waals surface area (Å²) in [4.78, 5) is 11.7. The molecule has 0 spiro atoms. The Hall–Kier alpha value is -1.36. The average molecular weight is 241 g/mol. The lowest BCUT2D eigenvalue weighted by Gasteiger charge is -2.04. The second-order valence-corrected chi connectivity index (χ2v) is 5.54. The Bertz CT molecular complexity index is 461. The summed E-state index contributed by atoms with van der Waals surface area (Å²) in [5, 5.41) is 0. The molecule has 88 valence electrons. The van der Waals surface area contributed by atoms with E-state index in [-0.39, 0.29) is 6.54 Å². The van der Waals surface area contributed by atoms with E-state index in [0.717, 1.165) is 0 Å². The molecule has 0 saturated heterocycles. The Balaban J connectivity index is 2.82. The van der Waals surface area contributed by atoms with Crippen molar-refractivity contribution in [2.24, 2.45) is 4.36 Å². The van der Waals surface area contributed by atoms with Crippen LogP contribution in [0.3, 0.4) is 0 Å². The largest absolute Gasteiger partial charge is 0.465 e. The third-order valence-corrected chi connectivity index (χ3v) is 3.69. The maximum atomic E-state index is 12.1. The number of hydrogen-bond acceptors (Lipinski definition) is 4. The first-order valence-electron chi connectivity index (χ1n) is 4.95. The molecule has 5 heteroatoms. The Morgan fingerprint density at radius 3 is 2.56 bits per heavy atom.